The summed E-state index contributed by atoms with van der Waals surface area (Å²) in [5.41, 5.74) is 3.28. The van der Waals surface area contributed by atoms with Crippen molar-refractivity contribution in [1.82, 2.24) is 10.2 Å². The second-order valence-electron chi connectivity index (χ2n) is 7.50. The highest BCUT2D eigenvalue weighted by Crippen LogP contribution is 2.40. The molecule has 2 aromatic carbocycles. The maximum absolute atomic E-state index is 12.8. The molecule has 6 nitrogen and oxygen atoms in total. The molecule has 32 heavy (non-hydrogen) atoms. The first-order chi connectivity index (χ1) is 15.5. The summed E-state index contributed by atoms with van der Waals surface area (Å²) in [5.74, 6) is -0.969. The Morgan fingerprint density at radius 2 is 1.81 bits per heavy atom. The lowest BCUT2D eigenvalue weighted by Crippen LogP contribution is -2.70. The minimum Gasteiger partial charge on any atom is -0.477 e. The van der Waals surface area contributed by atoms with Gasteiger partial charge in [0.25, 0.3) is 5.91 Å². The van der Waals surface area contributed by atoms with E-state index in [2.05, 4.69) is 5.32 Å². The predicted octanol–water partition coefficient (Wildman–Crippen LogP) is 3.42. The number of carboxylic acid groups (broad SMARTS) is 1. The zero-order valence-electron chi connectivity index (χ0n) is 17.0. The zero-order chi connectivity index (χ0) is 22.7. The van der Waals surface area contributed by atoms with E-state index in [0.29, 0.717) is 17.2 Å². The molecule has 2 atom stereocenters. The molecule has 4 rings (SSSR count). The molecule has 2 aliphatic rings. The van der Waals surface area contributed by atoms with Crippen LogP contribution in [0.3, 0.4) is 0 Å². The fourth-order valence-corrected chi connectivity index (χ4v) is 5.19. The van der Waals surface area contributed by atoms with Crippen molar-refractivity contribution in [3.63, 3.8) is 0 Å². The Hall–Kier alpha value is -3.03. The zero-order valence-corrected chi connectivity index (χ0v) is 18.6. The maximum atomic E-state index is 12.8. The topological polar surface area (TPSA) is 86.7 Å². The van der Waals surface area contributed by atoms with Crippen LogP contribution < -0.4 is 5.32 Å². The van der Waals surface area contributed by atoms with E-state index in [0.717, 1.165) is 16.7 Å². The van der Waals surface area contributed by atoms with Crippen LogP contribution >= 0.6 is 23.4 Å². The molecule has 1 saturated heterocycles. The quantitative estimate of drug-likeness (QED) is 0.480. The average Bonchev–Trinajstić information content (AvgIpc) is 2.81. The number of aliphatic carboxylic acids is 1. The number of halogens is 1. The van der Waals surface area contributed by atoms with E-state index in [-0.39, 0.29) is 18.0 Å². The molecule has 0 unspecified atom stereocenters. The highest BCUT2D eigenvalue weighted by molar-refractivity contribution is 8.00. The first kappa shape index (κ1) is 22.2. The van der Waals surface area contributed by atoms with Gasteiger partial charge in [0, 0.05) is 11.6 Å². The van der Waals surface area contributed by atoms with Crippen LogP contribution in [0, 0.1) is 0 Å². The number of allylic oxidation sites excluding steroid dienone is 1. The van der Waals surface area contributed by atoms with Crippen molar-refractivity contribution in [3.05, 3.63) is 88.6 Å². The summed E-state index contributed by atoms with van der Waals surface area (Å²) in [7, 11) is 0. The Bertz CT molecular complexity index is 1100. The fourth-order valence-electron chi connectivity index (χ4n) is 3.69. The second kappa shape index (κ2) is 9.63. The van der Waals surface area contributed by atoms with E-state index in [9.17, 15) is 19.5 Å². The maximum Gasteiger partial charge on any atom is 0.352 e. The molecule has 0 aliphatic carbocycles. The summed E-state index contributed by atoms with van der Waals surface area (Å²) in [6, 6.07) is 16.2. The SMILES string of the molecule is O=C(Cc1ccccc1)N[C@@H]1C(=O)N2C(C(=O)O)=C(/C=C\c3ccc(CCl)cc3)CS[C@H]12. The van der Waals surface area contributed by atoms with Crippen LogP contribution in [0.1, 0.15) is 16.7 Å². The molecule has 164 valence electrons. The van der Waals surface area contributed by atoms with Gasteiger partial charge >= 0.3 is 5.97 Å². The smallest absolute Gasteiger partial charge is 0.352 e. The van der Waals surface area contributed by atoms with Gasteiger partial charge in [-0.3, -0.25) is 14.5 Å². The molecule has 8 heteroatoms. The van der Waals surface area contributed by atoms with Gasteiger partial charge in [-0.05, 0) is 22.3 Å². The van der Waals surface area contributed by atoms with Crippen molar-refractivity contribution >= 4 is 47.2 Å². The van der Waals surface area contributed by atoms with Crippen LogP contribution in [0.25, 0.3) is 6.08 Å². The molecule has 2 amide bonds. The van der Waals surface area contributed by atoms with E-state index in [1.165, 1.54) is 16.7 Å². The third kappa shape index (κ3) is 4.59. The van der Waals surface area contributed by atoms with Crippen molar-refractivity contribution in [2.24, 2.45) is 0 Å². The Kier molecular flexibility index (Phi) is 6.67. The molecule has 0 saturated carbocycles. The normalized spacial score (nSPS) is 20.2. The Labute approximate surface area is 194 Å². The summed E-state index contributed by atoms with van der Waals surface area (Å²) in [6.45, 7) is 0. The molecule has 2 aromatic rings. The number of hydrogen-bond acceptors (Lipinski definition) is 4. The Morgan fingerprint density at radius 1 is 1.09 bits per heavy atom. The van der Waals surface area contributed by atoms with E-state index in [1.54, 1.807) is 6.08 Å². The first-order valence-electron chi connectivity index (χ1n) is 10.1. The number of benzene rings is 2. The number of thioether (sulfide) groups is 1. The number of rotatable bonds is 7. The number of hydrogen-bond donors (Lipinski definition) is 2. The molecule has 2 aliphatic heterocycles. The van der Waals surface area contributed by atoms with Gasteiger partial charge in [0.15, 0.2) is 0 Å². The minimum absolute atomic E-state index is 0.0269. The van der Waals surface area contributed by atoms with Crippen LogP contribution in [-0.4, -0.2) is 45.0 Å². The van der Waals surface area contributed by atoms with Gasteiger partial charge in [0.05, 0.1) is 6.42 Å². The van der Waals surface area contributed by atoms with E-state index < -0.39 is 23.3 Å². The molecular weight excluding hydrogens is 448 g/mol. The number of alkyl halides is 1. The lowest BCUT2D eigenvalue weighted by molar-refractivity contribution is -0.150. The molecule has 0 aromatic heterocycles. The number of nitrogens with zero attached hydrogens (tertiary/aromatic N) is 1. The average molecular weight is 469 g/mol. The first-order valence-corrected chi connectivity index (χ1v) is 11.6. The molecule has 0 bridgehead atoms. The number of β-lactam (4-membered cyclic amide) rings is 1. The van der Waals surface area contributed by atoms with Gasteiger partial charge in [0.2, 0.25) is 5.91 Å². The second-order valence-corrected chi connectivity index (χ2v) is 8.88. The summed E-state index contributed by atoms with van der Waals surface area (Å²) in [6.07, 6.45) is 3.72. The molecular formula is C24H21ClN2O4S. The number of fused-ring (bicyclic) bond motifs is 1. The van der Waals surface area contributed by atoms with Crippen molar-refractivity contribution in [2.45, 2.75) is 23.7 Å². The van der Waals surface area contributed by atoms with E-state index >= 15 is 0 Å². The molecule has 0 radical (unpaired) electrons. The minimum atomic E-state index is -1.16. The fraction of sp³-hybridized carbons (Fsp3) is 0.208. The summed E-state index contributed by atoms with van der Waals surface area (Å²) >= 11 is 7.25. The van der Waals surface area contributed by atoms with Crippen LogP contribution in [0.4, 0.5) is 0 Å². The van der Waals surface area contributed by atoms with Crippen molar-refractivity contribution in [2.75, 3.05) is 5.75 Å². The van der Waals surface area contributed by atoms with Crippen LogP contribution in [-0.2, 0) is 26.7 Å². The van der Waals surface area contributed by atoms with Gasteiger partial charge in [-0.2, -0.15) is 0 Å². The lowest BCUT2D eigenvalue weighted by Gasteiger charge is -2.49. The van der Waals surface area contributed by atoms with Crippen LogP contribution in [0.5, 0.6) is 0 Å². The Balaban J connectivity index is 1.47. The van der Waals surface area contributed by atoms with Crippen molar-refractivity contribution in [1.29, 1.82) is 0 Å². The summed E-state index contributed by atoms with van der Waals surface area (Å²) in [5, 5.41) is 12.1. The van der Waals surface area contributed by atoms with E-state index in [1.807, 2.05) is 60.7 Å². The third-order valence-corrected chi connectivity index (χ3v) is 6.95. The molecule has 2 heterocycles. The Morgan fingerprint density at radius 3 is 2.47 bits per heavy atom. The van der Waals surface area contributed by atoms with Gasteiger partial charge in [0.1, 0.15) is 17.1 Å². The standard InChI is InChI=1S/C24H21ClN2O4S/c25-13-17-8-6-15(7-9-17)10-11-18-14-32-23-20(22(29)27(23)21(18)24(30)31)26-19(28)12-16-4-2-1-3-5-16/h1-11,20,23H,12-14H2,(H,26,28)(H,30,31)/b11-10-/t20-,23-/m1/s1. The molecule has 1 fully saturated rings. The van der Waals surface area contributed by atoms with E-state index in [4.69, 9.17) is 11.6 Å². The largest absolute Gasteiger partial charge is 0.477 e. The van der Waals surface area contributed by atoms with Gasteiger partial charge in [-0.1, -0.05) is 66.7 Å². The van der Waals surface area contributed by atoms with Crippen LogP contribution in [0.15, 0.2) is 71.9 Å². The van der Waals surface area contributed by atoms with Crippen molar-refractivity contribution in [3.8, 4) is 0 Å². The number of nitrogens with one attached hydrogen (secondary N) is 1. The lowest BCUT2D eigenvalue weighted by atomic mass is 10.0. The molecule has 0 spiro atoms. The highest BCUT2D eigenvalue weighted by Gasteiger charge is 2.53. The molecule has 2 N–H and O–H groups in total. The van der Waals surface area contributed by atoms with Gasteiger partial charge in [-0.25, -0.2) is 4.79 Å². The van der Waals surface area contributed by atoms with Crippen LogP contribution in [0.2, 0.25) is 0 Å². The predicted molar refractivity (Wildman–Crippen MR) is 125 cm³/mol. The summed E-state index contributed by atoms with van der Waals surface area (Å²) < 4.78 is 0. The summed E-state index contributed by atoms with van der Waals surface area (Å²) in [4.78, 5) is 38.4. The monoisotopic (exact) mass is 468 g/mol. The highest BCUT2D eigenvalue weighted by atomic mass is 35.5. The number of amides is 2. The number of carbonyl (C=O) groups is 3. The van der Waals surface area contributed by atoms with Crippen molar-refractivity contribution < 1.29 is 19.5 Å². The number of carboxylic acids is 1. The van der Waals surface area contributed by atoms with Gasteiger partial charge in [-0.15, -0.1) is 23.4 Å². The van der Waals surface area contributed by atoms with Gasteiger partial charge < -0.3 is 10.4 Å². The third-order valence-electron chi connectivity index (χ3n) is 5.34. The number of carbonyl (C=O) groups excluding carboxylic acids is 2.